The molecule has 0 spiro atoms. The van der Waals surface area contributed by atoms with Crippen molar-refractivity contribution in [1.82, 2.24) is 0 Å². The van der Waals surface area contributed by atoms with Crippen LogP contribution in [0.3, 0.4) is 0 Å². The van der Waals surface area contributed by atoms with Gasteiger partial charge in [0.25, 0.3) is 0 Å². The first-order valence-electron chi connectivity index (χ1n) is 5.39. The van der Waals surface area contributed by atoms with Gasteiger partial charge in [-0.25, -0.2) is 9.59 Å². The van der Waals surface area contributed by atoms with Gasteiger partial charge in [0.2, 0.25) is 0 Å². The van der Waals surface area contributed by atoms with E-state index in [1.165, 1.54) is 7.11 Å². The van der Waals surface area contributed by atoms with Gasteiger partial charge in [-0.1, -0.05) is 18.2 Å². The molecule has 0 atom stereocenters. The number of carbonyl (C=O) groups excluding carboxylic acids is 2. The Balaban J connectivity index is 3.60. The minimum Gasteiger partial charge on any atom is -0.466 e. The highest BCUT2D eigenvalue weighted by atomic mass is 16.5. The number of methoxy groups -OCH3 is 1. The van der Waals surface area contributed by atoms with Gasteiger partial charge >= 0.3 is 11.9 Å². The summed E-state index contributed by atoms with van der Waals surface area (Å²) in [6, 6.07) is 0. The second kappa shape index (κ2) is 10.7. The molecule has 0 aromatic carbocycles. The third-order valence-electron chi connectivity index (χ3n) is 1.82. The summed E-state index contributed by atoms with van der Waals surface area (Å²) in [7, 11) is 1.24. The highest BCUT2D eigenvalue weighted by Gasteiger charge is 1.97. The Labute approximate surface area is 102 Å². The third kappa shape index (κ3) is 10.4. The average Bonchev–Trinajstić information content (AvgIpc) is 2.34. The van der Waals surface area contributed by atoms with Crippen LogP contribution in [0.5, 0.6) is 0 Å². The maximum atomic E-state index is 11.0. The lowest BCUT2D eigenvalue weighted by molar-refractivity contribution is -0.138. The van der Waals surface area contributed by atoms with E-state index < -0.39 is 11.9 Å². The van der Waals surface area contributed by atoms with E-state index in [0.29, 0.717) is 0 Å². The van der Waals surface area contributed by atoms with E-state index in [-0.39, 0.29) is 6.61 Å². The Bertz CT molecular complexity index is 303. The maximum Gasteiger partial charge on any atom is 0.331 e. The summed E-state index contributed by atoms with van der Waals surface area (Å²) in [5, 5.41) is 0. The number of carbonyl (C=O) groups is 2. The second-order valence-electron chi connectivity index (χ2n) is 3.18. The highest BCUT2D eigenvalue weighted by molar-refractivity contribution is 5.91. The van der Waals surface area contributed by atoms with Gasteiger partial charge in [0.15, 0.2) is 0 Å². The molecule has 4 nitrogen and oxygen atoms in total. The molecule has 0 amide bonds. The largest absolute Gasteiger partial charge is 0.466 e. The van der Waals surface area contributed by atoms with E-state index in [4.69, 9.17) is 4.74 Å². The van der Waals surface area contributed by atoms with Gasteiger partial charge in [0, 0.05) is 12.2 Å². The van der Waals surface area contributed by atoms with Crippen molar-refractivity contribution in [2.75, 3.05) is 13.7 Å². The molecule has 0 fully saturated rings. The van der Waals surface area contributed by atoms with E-state index in [1.54, 1.807) is 6.08 Å². The predicted octanol–water partition coefficient (Wildman–Crippen LogP) is 2.17. The van der Waals surface area contributed by atoms with Crippen molar-refractivity contribution in [3.8, 4) is 0 Å². The fourth-order valence-electron chi connectivity index (χ4n) is 0.948. The average molecular weight is 238 g/mol. The zero-order valence-electron chi connectivity index (χ0n) is 10.1. The number of unbranched alkanes of at least 4 members (excludes halogenated alkanes) is 2. The Hall–Kier alpha value is -1.84. The van der Waals surface area contributed by atoms with Gasteiger partial charge in [0.05, 0.1) is 7.11 Å². The molecule has 0 aromatic heterocycles. The van der Waals surface area contributed by atoms with Crippen molar-refractivity contribution in [3.05, 3.63) is 37.0 Å². The molecule has 0 unspecified atom stereocenters. The fraction of sp³-hybridized carbons (Fsp3) is 0.385. The van der Waals surface area contributed by atoms with Gasteiger partial charge in [-0.05, 0) is 19.3 Å². The van der Waals surface area contributed by atoms with E-state index in [2.05, 4.69) is 11.3 Å². The third-order valence-corrected chi connectivity index (χ3v) is 1.82. The van der Waals surface area contributed by atoms with Gasteiger partial charge in [0.1, 0.15) is 6.61 Å². The molecule has 4 heteroatoms. The lowest BCUT2D eigenvalue weighted by Gasteiger charge is -1.96. The normalized spacial score (nSPS) is 10.6. The fourth-order valence-corrected chi connectivity index (χ4v) is 0.948. The number of hydrogen-bond acceptors (Lipinski definition) is 4. The van der Waals surface area contributed by atoms with Crippen LogP contribution in [-0.2, 0) is 19.1 Å². The zero-order valence-corrected chi connectivity index (χ0v) is 10.1. The van der Waals surface area contributed by atoms with Crippen molar-refractivity contribution < 1.29 is 19.1 Å². The van der Waals surface area contributed by atoms with Gasteiger partial charge in [-0.2, -0.15) is 0 Å². The van der Waals surface area contributed by atoms with Crippen molar-refractivity contribution in [2.45, 2.75) is 19.3 Å². The molecule has 0 aliphatic carbocycles. The minimum absolute atomic E-state index is 0.207. The van der Waals surface area contributed by atoms with E-state index >= 15 is 0 Å². The van der Waals surface area contributed by atoms with Crippen LogP contribution in [0.25, 0.3) is 0 Å². The van der Waals surface area contributed by atoms with Crippen LogP contribution in [0.2, 0.25) is 0 Å². The van der Waals surface area contributed by atoms with E-state index in [0.717, 1.165) is 31.4 Å². The predicted molar refractivity (Wildman–Crippen MR) is 65.3 cm³/mol. The van der Waals surface area contributed by atoms with Crippen LogP contribution < -0.4 is 0 Å². The van der Waals surface area contributed by atoms with Crippen molar-refractivity contribution in [1.29, 1.82) is 0 Å². The number of allylic oxidation sites excluding steroid dienone is 2. The Morgan fingerprint density at radius 3 is 2.47 bits per heavy atom. The molecule has 0 radical (unpaired) electrons. The molecule has 0 aliphatic rings. The first-order valence-corrected chi connectivity index (χ1v) is 5.39. The Morgan fingerprint density at radius 1 is 1.12 bits per heavy atom. The summed E-state index contributed by atoms with van der Waals surface area (Å²) in [4.78, 5) is 21.7. The smallest absolute Gasteiger partial charge is 0.331 e. The standard InChI is InChI=1S/C13H18O4/c1-3-4-5-6-7-8-11-17-13(15)10-9-12(14)16-2/h3,7-10H,1,4-6,11H2,2H3. The van der Waals surface area contributed by atoms with Crippen molar-refractivity contribution in [2.24, 2.45) is 0 Å². The quantitative estimate of drug-likeness (QED) is 0.281. The lowest BCUT2D eigenvalue weighted by Crippen LogP contribution is -2.02. The van der Waals surface area contributed by atoms with E-state index in [9.17, 15) is 9.59 Å². The summed E-state index contributed by atoms with van der Waals surface area (Å²) in [6.07, 6.45) is 10.6. The molecule has 0 saturated carbocycles. The molecule has 0 bridgehead atoms. The van der Waals surface area contributed by atoms with Crippen molar-refractivity contribution in [3.63, 3.8) is 0 Å². The summed E-state index contributed by atoms with van der Waals surface area (Å²) in [5.74, 6) is -1.15. The molecule has 0 N–H and O–H groups in total. The first kappa shape index (κ1) is 15.2. The number of esters is 2. The first-order chi connectivity index (χ1) is 8.20. The molecule has 0 heterocycles. The monoisotopic (exact) mass is 238 g/mol. The minimum atomic E-state index is -0.582. The maximum absolute atomic E-state index is 11.0. The summed E-state index contributed by atoms with van der Waals surface area (Å²) >= 11 is 0. The molecule has 0 saturated heterocycles. The molecular formula is C13H18O4. The lowest BCUT2D eigenvalue weighted by atomic mass is 10.2. The van der Waals surface area contributed by atoms with Crippen LogP contribution in [0.1, 0.15) is 19.3 Å². The van der Waals surface area contributed by atoms with E-state index in [1.807, 2.05) is 12.2 Å². The molecular weight excluding hydrogens is 220 g/mol. The summed E-state index contributed by atoms with van der Waals surface area (Å²) in [6.45, 7) is 3.83. The molecule has 0 aliphatic heterocycles. The SMILES string of the molecule is C=CCCCC=CCOC(=O)C=CC(=O)OC. The van der Waals surface area contributed by atoms with Crippen LogP contribution in [0, 0.1) is 0 Å². The van der Waals surface area contributed by atoms with Crippen LogP contribution >= 0.6 is 0 Å². The topological polar surface area (TPSA) is 52.6 Å². The summed E-state index contributed by atoms with van der Waals surface area (Å²) < 4.78 is 9.13. The van der Waals surface area contributed by atoms with Crippen molar-refractivity contribution >= 4 is 11.9 Å². The molecule has 17 heavy (non-hydrogen) atoms. The number of ether oxygens (including phenoxy) is 2. The zero-order chi connectivity index (χ0) is 12.9. The Kier molecular flexibility index (Phi) is 9.52. The van der Waals surface area contributed by atoms with Crippen LogP contribution in [0.4, 0.5) is 0 Å². The van der Waals surface area contributed by atoms with Crippen LogP contribution in [-0.4, -0.2) is 25.7 Å². The number of rotatable bonds is 8. The van der Waals surface area contributed by atoms with Gasteiger partial charge < -0.3 is 9.47 Å². The summed E-state index contributed by atoms with van der Waals surface area (Å²) in [5.41, 5.74) is 0. The second-order valence-corrected chi connectivity index (χ2v) is 3.18. The molecule has 0 rings (SSSR count). The van der Waals surface area contributed by atoms with Crippen LogP contribution in [0.15, 0.2) is 37.0 Å². The molecule has 0 aromatic rings. The number of hydrogen-bond donors (Lipinski definition) is 0. The Morgan fingerprint density at radius 2 is 1.82 bits per heavy atom. The molecule has 94 valence electrons. The highest BCUT2D eigenvalue weighted by Crippen LogP contribution is 1.96. The van der Waals surface area contributed by atoms with Gasteiger partial charge in [-0.15, -0.1) is 6.58 Å². The van der Waals surface area contributed by atoms with Gasteiger partial charge in [-0.3, -0.25) is 0 Å².